The van der Waals surface area contributed by atoms with Gasteiger partial charge in [-0.25, -0.2) is 0 Å². The lowest BCUT2D eigenvalue weighted by molar-refractivity contribution is -0.122. The Morgan fingerprint density at radius 1 is 1.20 bits per heavy atom. The molecule has 2 rings (SSSR count). The third-order valence-corrected chi connectivity index (χ3v) is 3.44. The average molecular weight is 272 g/mol. The summed E-state index contributed by atoms with van der Waals surface area (Å²) in [7, 11) is 3.51. The molecular weight excluding hydrogens is 252 g/mol. The van der Waals surface area contributed by atoms with Crippen LogP contribution >= 0.6 is 0 Å². The smallest absolute Gasteiger partial charge is 0.257 e. The number of ether oxygens (including phenoxy) is 1. The topological polar surface area (TPSA) is 50.4 Å². The second-order valence-corrected chi connectivity index (χ2v) is 4.68. The average Bonchev–Trinajstić information content (AvgIpc) is 2.51. The summed E-state index contributed by atoms with van der Waals surface area (Å²) in [6, 6.07) is 12.3. The maximum absolute atomic E-state index is 11.4. The molecule has 0 radical (unpaired) electrons. The van der Waals surface area contributed by atoms with Crippen molar-refractivity contribution in [3.8, 4) is 5.75 Å². The number of amides is 1. The first kappa shape index (κ1) is 14.3. The Morgan fingerprint density at radius 3 is 2.65 bits per heavy atom. The van der Waals surface area contributed by atoms with Gasteiger partial charge in [-0.3, -0.25) is 4.79 Å². The molecule has 0 aliphatic heterocycles. The number of carbonyl (C=O) groups is 1. The van der Waals surface area contributed by atoms with Crippen molar-refractivity contribution >= 4 is 16.7 Å². The normalized spacial score (nSPS) is 12.2. The van der Waals surface area contributed by atoms with Crippen molar-refractivity contribution in [2.75, 3.05) is 20.7 Å². The van der Waals surface area contributed by atoms with E-state index in [0.717, 1.165) is 22.1 Å². The Hall–Kier alpha value is -2.07. The predicted octanol–water partition coefficient (Wildman–Crippen LogP) is 2.24. The molecule has 0 saturated heterocycles. The van der Waals surface area contributed by atoms with Gasteiger partial charge in [0.05, 0.1) is 0 Å². The molecular formula is C16H20N2O2. The van der Waals surface area contributed by atoms with Gasteiger partial charge in [0.15, 0.2) is 6.61 Å². The number of carbonyl (C=O) groups excluding carboxylic acids is 1. The van der Waals surface area contributed by atoms with Crippen molar-refractivity contribution in [1.82, 2.24) is 10.6 Å². The molecule has 20 heavy (non-hydrogen) atoms. The highest BCUT2D eigenvalue weighted by atomic mass is 16.5. The first-order valence-electron chi connectivity index (χ1n) is 6.69. The third-order valence-electron chi connectivity index (χ3n) is 3.44. The molecule has 0 heterocycles. The molecule has 0 fully saturated rings. The maximum atomic E-state index is 11.4. The van der Waals surface area contributed by atoms with Crippen molar-refractivity contribution in [1.29, 1.82) is 0 Å². The van der Waals surface area contributed by atoms with Crippen molar-refractivity contribution < 1.29 is 9.53 Å². The molecule has 0 bridgehead atoms. The quantitative estimate of drug-likeness (QED) is 0.877. The van der Waals surface area contributed by atoms with E-state index in [4.69, 9.17) is 4.74 Å². The van der Waals surface area contributed by atoms with Crippen LogP contribution in [0.1, 0.15) is 18.5 Å². The van der Waals surface area contributed by atoms with Gasteiger partial charge in [-0.05, 0) is 19.4 Å². The van der Waals surface area contributed by atoms with Crippen molar-refractivity contribution in [2.45, 2.75) is 13.0 Å². The second kappa shape index (κ2) is 6.39. The SMILES string of the molecule is CNC(=O)COc1c(C(C)NC)ccc2ccccc12. The fourth-order valence-corrected chi connectivity index (χ4v) is 2.13. The van der Waals surface area contributed by atoms with Gasteiger partial charge in [-0.2, -0.15) is 0 Å². The van der Waals surface area contributed by atoms with Crippen LogP contribution in [0.3, 0.4) is 0 Å². The van der Waals surface area contributed by atoms with Crippen LogP contribution in [0.4, 0.5) is 0 Å². The number of benzene rings is 2. The van der Waals surface area contributed by atoms with E-state index in [1.54, 1.807) is 7.05 Å². The molecule has 0 aromatic heterocycles. The van der Waals surface area contributed by atoms with Gasteiger partial charge in [-0.1, -0.05) is 36.4 Å². The van der Waals surface area contributed by atoms with Gasteiger partial charge in [-0.15, -0.1) is 0 Å². The third kappa shape index (κ3) is 2.91. The van der Waals surface area contributed by atoms with E-state index in [0.29, 0.717) is 0 Å². The number of hydrogen-bond donors (Lipinski definition) is 2. The van der Waals surface area contributed by atoms with E-state index in [9.17, 15) is 4.79 Å². The van der Waals surface area contributed by atoms with Gasteiger partial charge >= 0.3 is 0 Å². The predicted molar refractivity (Wildman–Crippen MR) is 81.0 cm³/mol. The highest BCUT2D eigenvalue weighted by molar-refractivity contribution is 5.90. The standard InChI is InChI=1S/C16H20N2O2/c1-11(17-2)13-9-8-12-6-4-5-7-14(12)16(13)20-10-15(19)18-3/h4-9,11,17H,10H2,1-3H3,(H,18,19). The number of rotatable bonds is 5. The lowest BCUT2D eigenvalue weighted by atomic mass is 10.0. The van der Waals surface area contributed by atoms with Crippen LogP contribution in [-0.2, 0) is 4.79 Å². The Balaban J connectivity index is 2.47. The summed E-state index contributed by atoms with van der Waals surface area (Å²) < 4.78 is 5.77. The van der Waals surface area contributed by atoms with Gasteiger partial charge < -0.3 is 15.4 Å². The van der Waals surface area contributed by atoms with E-state index in [-0.39, 0.29) is 18.6 Å². The van der Waals surface area contributed by atoms with E-state index in [1.807, 2.05) is 37.4 Å². The zero-order valence-corrected chi connectivity index (χ0v) is 12.1. The molecule has 1 amide bonds. The Bertz CT molecular complexity index is 610. The lowest BCUT2D eigenvalue weighted by Crippen LogP contribution is -2.25. The van der Waals surface area contributed by atoms with Crippen molar-refractivity contribution in [3.05, 3.63) is 42.0 Å². The summed E-state index contributed by atoms with van der Waals surface area (Å²) in [4.78, 5) is 11.4. The molecule has 0 aliphatic rings. The molecule has 1 atom stereocenters. The number of fused-ring (bicyclic) bond motifs is 1. The van der Waals surface area contributed by atoms with Crippen LogP contribution in [-0.4, -0.2) is 26.6 Å². The Morgan fingerprint density at radius 2 is 1.95 bits per heavy atom. The number of nitrogens with one attached hydrogen (secondary N) is 2. The zero-order valence-electron chi connectivity index (χ0n) is 12.1. The summed E-state index contributed by atoms with van der Waals surface area (Å²) in [5.41, 5.74) is 1.05. The molecule has 0 spiro atoms. The largest absolute Gasteiger partial charge is 0.483 e. The Kier molecular flexibility index (Phi) is 4.58. The monoisotopic (exact) mass is 272 g/mol. The molecule has 2 N–H and O–H groups in total. The molecule has 0 aliphatic carbocycles. The van der Waals surface area contributed by atoms with Crippen LogP contribution in [0.5, 0.6) is 5.75 Å². The fraction of sp³-hybridized carbons (Fsp3) is 0.312. The number of hydrogen-bond acceptors (Lipinski definition) is 3. The van der Waals surface area contributed by atoms with E-state index in [1.165, 1.54) is 0 Å². The van der Waals surface area contributed by atoms with E-state index >= 15 is 0 Å². The van der Waals surface area contributed by atoms with Crippen LogP contribution in [0.15, 0.2) is 36.4 Å². The Labute approximate surface area is 119 Å². The van der Waals surface area contributed by atoms with Crippen molar-refractivity contribution in [3.63, 3.8) is 0 Å². The maximum Gasteiger partial charge on any atom is 0.257 e. The first-order chi connectivity index (χ1) is 9.67. The van der Waals surface area contributed by atoms with Crippen LogP contribution in [0.25, 0.3) is 10.8 Å². The van der Waals surface area contributed by atoms with E-state index < -0.39 is 0 Å². The van der Waals surface area contributed by atoms with Gasteiger partial charge in [0.25, 0.3) is 5.91 Å². The molecule has 4 heteroatoms. The molecule has 2 aromatic carbocycles. The molecule has 4 nitrogen and oxygen atoms in total. The number of likely N-dealkylation sites (N-methyl/N-ethyl adjacent to an activating group) is 1. The lowest BCUT2D eigenvalue weighted by Gasteiger charge is -2.18. The minimum absolute atomic E-state index is 0.0218. The van der Waals surface area contributed by atoms with Crippen molar-refractivity contribution in [2.24, 2.45) is 0 Å². The summed E-state index contributed by atoms with van der Waals surface area (Å²) in [6.07, 6.45) is 0. The summed E-state index contributed by atoms with van der Waals surface area (Å²) >= 11 is 0. The van der Waals surface area contributed by atoms with Crippen LogP contribution in [0.2, 0.25) is 0 Å². The minimum atomic E-state index is -0.138. The molecule has 2 aromatic rings. The highest BCUT2D eigenvalue weighted by Gasteiger charge is 2.14. The summed E-state index contributed by atoms with van der Waals surface area (Å²) in [5.74, 6) is 0.634. The highest BCUT2D eigenvalue weighted by Crippen LogP contribution is 2.33. The summed E-state index contributed by atoms with van der Waals surface area (Å²) in [6.45, 7) is 2.09. The van der Waals surface area contributed by atoms with Gasteiger partial charge in [0.2, 0.25) is 0 Å². The van der Waals surface area contributed by atoms with Crippen LogP contribution in [0, 0.1) is 0 Å². The first-order valence-corrected chi connectivity index (χ1v) is 6.69. The fourth-order valence-electron chi connectivity index (χ4n) is 2.13. The second-order valence-electron chi connectivity index (χ2n) is 4.68. The molecule has 106 valence electrons. The van der Waals surface area contributed by atoms with E-state index in [2.05, 4.69) is 23.6 Å². The zero-order chi connectivity index (χ0) is 14.5. The minimum Gasteiger partial charge on any atom is -0.483 e. The van der Waals surface area contributed by atoms with Gasteiger partial charge in [0.1, 0.15) is 5.75 Å². The molecule has 0 saturated carbocycles. The molecule has 1 unspecified atom stereocenters. The summed E-state index contributed by atoms with van der Waals surface area (Å²) in [5, 5.41) is 7.90. The van der Waals surface area contributed by atoms with Crippen LogP contribution < -0.4 is 15.4 Å². The van der Waals surface area contributed by atoms with Gasteiger partial charge in [0, 0.05) is 24.0 Å².